The fourth-order valence-corrected chi connectivity index (χ4v) is 2.76. The van der Waals surface area contributed by atoms with E-state index in [1.807, 2.05) is 52.8 Å². The van der Waals surface area contributed by atoms with Gasteiger partial charge in [0, 0.05) is 17.9 Å². The molecule has 2 rings (SSSR count). The van der Waals surface area contributed by atoms with Crippen molar-refractivity contribution in [2.75, 3.05) is 6.54 Å². The Morgan fingerprint density at radius 3 is 2.38 bits per heavy atom. The number of nitrogens with one attached hydrogen (secondary N) is 1. The lowest BCUT2D eigenvalue weighted by Gasteiger charge is -2.32. The van der Waals surface area contributed by atoms with Crippen molar-refractivity contribution in [3.05, 3.63) is 39.3 Å². The Bertz CT molecular complexity index is 654. The quantitative estimate of drug-likeness (QED) is 0.789. The van der Waals surface area contributed by atoms with E-state index in [4.69, 9.17) is 9.31 Å². The fourth-order valence-electron chi connectivity index (χ4n) is 2.40. The second kappa shape index (κ2) is 7.02. The molecular formula is C18H25BBrNO3. The van der Waals surface area contributed by atoms with Gasteiger partial charge in [-0.15, -0.1) is 0 Å². The lowest BCUT2D eigenvalue weighted by atomic mass is 9.77. The van der Waals surface area contributed by atoms with E-state index in [0.29, 0.717) is 6.54 Å². The van der Waals surface area contributed by atoms with Crippen molar-refractivity contribution in [2.45, 2.75) is 52.7 Å². The average Bonchev–Trinajstić information content (AvgIpc) is 2.66. The summed E-state index contributed by atoms with van der Waals surface area (Å²) in [6.07, 6.45) is 2.02. The first-order chi connectivity index (χ1) is 11.0. The zero-order valence-corrected chi connectivity index (χ0v) is 16.8. The molecule has 1 aliphatic heterocycles. The van der Waals surface area contributed by atoms with Crippen LogP contribution in [-0.4, -0.2) is 30.8 Å². The van der Waals surface area contributed by atoms with Crippen molar-refractivity contribution in [2.24, 2.45) is 0 Å². The third-order valence-electron chi connectivity index (χ3n) is 4.59. The predicted octanol–water partition coefficient (Wildman–Crippen LogP) is 3.91. The molecule has 1 N–H and O–H groups in total. The SMILES string of the molecule is CC(=O)NCC(=Cc1cc(C)ccc1Br)B1OC(C)(C)C(C)(C)O1. The highest BCUT2D eigenvalue weighted by molar-refractivity contribution is 9.10. The summed E-state index contributed by atoms with van der Waals surface area (Å²) in [5.41, 5.74) is 2.24. The lowest BCUT2D eigenvalue weighted by molar-refractivity contribution is -0.118. The molecule has 1 saturated heterocycles. The van der Waals surface area contributed by atoms with Crippen molar-refractivity contribution in [1.29, 1.82) is 0 Å². The van der Waals surface area contributed by atoms with E-state index in [0.717, 1.165) is 21.1 Å². The summed E-state index contributed by atoms with van der Waals surface area (Å²) in [6, 6.07) is 6.15. The molecule has 1 amide bonds. The maximum Gasteiger partial charge on any atom is 0.492 e. The van der Waals surface area contributed by atoms with Crippen LogP contribution in [0.25, 0.3) is 6.08 Å². The van der Waals surface area contributed by atoms with E-state index in [2.05, 4.69) is 27.3 Å². The van der Waals surface area contributed by atoms with E-state index < -0.39 is 18.3 Å². The zero-order valence-electron chi connectivity index (χ0n) is 15.2. The van der Waals surface area contributed by atoms with Crippen LogP contribution in [0.3, 0.4) is 0 Å². The standard InChI is InChI=1S/C18H25BBrNO3/c1-12-7-8-16(20)14(9-12)10-15(11-21-13(2)22)19-23-17(3,4)18(5,6)24-19/h7-10H,11H2,1-6H3,(H,21,22). The van der Waals surface area contributed by atoms with Gasteiger partial charge < -0.3 is 14.6 Å². The summed E-state index contributed by atoms with van der Waals surface area (Å²) in [4.78, 5) is 11.4. The molecule has 0 saturated carbocycles. The molecule has 0 radical (unpaired) electrons. The van der Waals surface area contributed by atoms with E-state index in [9.17, 15) is 4.79 Å². The smallest absolute Gasteiger partial charge is 0.400 e. The summed E-state index contributed by atoms with van der Waals surface area (Å²) < 4.78 is 13.3. The van der Waals surface area contributed by atoms with Gasteiger partial charge in [-0.3, -0.25) is 4.79 Å². The number of amides is 1. The molecule has 0 aliphatic carbocycles. The van der Waals surface area contributed by atoms with Gasteiger partial charge in [0.15, 0.2) is 0 Å². The van der Waals surface area contributed by atoms with Crippen molar-refractivity contribution in [1.82, 2.24) is 5.32 Å². The van der Waals surface area contributed by atoms with Crippen LogP contribution in [0.1, 0.15) is 45.7 Å². The van der Waals surface area contributed by atoms with Gasteiger partial charge in [-0.2, -0.15) is 0 Å². The normalized spacial score (nSPS) is 19.5. The van der Waals surface area contributed by atoms with Gasteiger partial charge in [-0.05, 0) is 51.7 Å². The van der Waals surface area contributed by atoms with Crippen LogP contribution in [-0.2, 0) is 14.1 Å². The summed E-state index contributed by atoms with van der Waals surface area (Å²) in [6.45, 7) is 12.0. The van der Waals surface area contributed by atoms with Crippen LogP contribution in [0.4, 0.5) is 0 Å². The molecule has 0 aromatic heterocycles. The Hall–Kier alpha value is -1.11. The Kier molecular flexibility index (Phi) is 5.62. The number of halogens is 1. The van der Waals surface area contributed by atoms with E-state index in [1.165, 1.54) is 6.92 Å². The first-order valence-corrected chi connectivity index (χ1v) is 8.88. The van der Waals surface area contributed by atoms with E-state index in [-0.39, 0.29) is 5.91 Å². The third-order valence-corrected chi connectivity index (χ3v) is 5.31. The first kappa shape index (κ1) is 19.2. The molecule has 0 spiro atoms. The highest BCUT2D eigenvalue weighted by atomic mass is 79.9. The van der Waals surface area contributed by atoms with Crippen LogP contribution in [0.2, 0.25) is 0 Å². The molecule has 0 atom stereocenters. The highest BCUT2D eigenvalue weighted by Gasteiger charge is 2.52. The molecule has 0 bridgehead atoms. The van der Waals surface area contributed by atoms with Crippen molar-refractivity contribution in [3.63, 3.8) is 0 Å². The molecule has 4 nitrogen and oxygen atoms in total. The maximum atomic E-state index is 11.4. The maximum absolute atomic E-state index is 11.4. The van der Waals surface area contributed by atoms with Crippen molar-refractivity contribution in [3.8, 4) is 0 Å². The zero-order chi connectivity index (χ0) is 18.1. The number of benzene rings is 1. The topological polar surface area (TPSA) is 47.6 Å². The van der Waals surface area contributed by atoms with Crippen LogP contribution in [0.15, 0.2) is 28.1 Å². The highest BCUT2D eigenvalue weighted by Crippen LogP contribution is 2.39. The second-order valence-corrected chi connectivity index (χ2v) is 8.10. The first-order valence-electron chi connectivity index (χ1n) is 8.08. The molecule has 6 heteroatoms. The number of carbonyl (C=O) groups excluding carboxylic acids is 1. The molecule has 1 aromatic carbocycles. The molecule has 1 fully saturated rings. The number of hydrogen-bond donors (Lipinski definition) is 1. The number of aryl methyl sites for hydroxylation is 1. The second-order valence-electron chi connectivity index (χ2n) is 7.24. The Morgan fingerprint density at radius 2 is 1.83 bits per heavy atom. The van der Waals surface area contributed by atoms with Gasteiger partial charge in [0.25, 0.3) is 0 Å². The number of hydrogen-bond acceptors (Lipinski definition) is 3. The van der Waals surface area contributed by atoms with Gasteiger partial charge in [0.05, 0.1) is 11.2 Å². The van der Waals surface area contributed by atoms with E-state index >= 15 is 0 Å². The lowest BCUT2D eigenvalue weighted by Crippen LogP contribution is -2.41. The predicted molar refractivity (Wildman–Crippen MR) is 102 cm³/mol. The molecule has 0 unspecified atom stereocenters. The molecule has 1 aromatic rings. The van der Waals surface area contributed by atoms with Gasteiger partial charge in [0.2, 0.25) is 5.91 Å². The van der Waals surface area contributed by atoms with Crippen LogP contribution < -0.4 is 5.32 Å². The molecular weight excluding hydrogens is 369 g/mol. The molecule has 24 heavy (non-hydrogen) atoms. The Balaban J connectivity index is 2.37. The molecule has 1 aliphatic rings. The molecule has 130 valence electrons. The Morgan fingerprint density at radius 1 is 1.25 bits per heavy atom. The van der Waals surface area contributed by atoms with Crippen molar-refractivity contribution < 1.29 is 14.1 Å². The van der Waals surface area contributed by atoms with Crippen LogP contribution in [0, 0.1) is 6.92 Å². The number of rotatable bonds is 4. The van der Waals surface area contributed by atoms with Gasteiger partial charge >= 0.3 is 7.12 Å². The Labute approximate surface area is 153 Å². The van der Waals surface area contributed by atoms with Crippen LogP contribution >= 0.6 is 15.9 Å². The summed E-state index contributed by atoms with van der Waals surface area (Å²) in [5, 5.41) is 2.85. The largest absolute Gasteiger partial charge is 0.492 e. The third kappa shape index (κ3) is 4.29. The summed E-state index contributed by atoms with van der Waals surface area (Å²) >= 11 is 3.58. The van der Waals surface area contributed by atoms with Crippen molar-refractivity contribution >= 4 is 35.0 Å². The summed E-state index contributed by atoms with van der Waals surface area (Å²) in [7, 11) is -0.491. The minimum absolute atomic E-state index is 0.0827. The monoisotopic (exact) mass is 393 g/mol. The number of carbonyl (C=O) groups is 1. The minimum atomic E-state index is -0.491. The summed E-state index contributed by atoms with van der Waals surface area (Å²) in [5.74, 6) is -0.0827. The average molecular weight is 394 g/mol. The van der Waals surface area contributed by atoms with Gasteiger partial charge in [-0.1, -0.05) is 39.7 Å². The minimum Gasteiger partial charge on any atom is -0.400 e. The van der Waals surface area contributed by atoms with E-state index in [1.54, 1.807) is 0 Å². The molecule has 1 heterocycles. The fraction of sp³-hybridized carbons (Fsp3) is 0.500. The van der Waals surface area contributed by atoms with Gasteiger partial charge in [0.1, 0.15) is 0 Å². The van der Waals surface area contributed by atoms with Gasteiger partial charge in [-0.25, -0.2) is 0 Å². The van der Waals surface area contributed by atoms with Crippen LogP contribution in [0.5, 0.6) is 0 Å².